The highest BCUT2D eigenvalue weighted by atomic mass is 32.2. The second-order valence-electron chi connectivity index (χ2n) is 7.46. The van der Waals surface area contributed by atoms with Gasteiger partial charge in [0, 0.05) is 30.8 Å². The van der Waals surface area contributed by atoms with Crippen LogP contribution < -0.4 is 10.6 Å². The maximum Gasteiger partial charge on any atom is 0.416 e. The van der Waals surface area contributed by atoms with Gasteiger partial charge in [0.25, 0.3) is 0 Å². The van der Waals surface area contributed by atoms with Gasteiger partial charge in [0.15, 0.2) is 0 Å². The topological polar surface area (TPSA) is 76.0 Å². The van der Waals surface area contributed by atoms with Crippen molar-refractivity contribution in [1.29, 1.82) is 0 Å². The van der Waals surface area contributed by atoms with E-state index in [1.54, 1.807) is 24.0 Å². The fraction of sp³-hybridized carbons (Fsp3) is 0.227. The lowest BCUT2D eigenvalue weighted by atomic mass is 10.1. The highest BCUT2D eigenvalue weighted by Gasteiger charge is 2.34. The SMILES string of the molecule is Cn1ccnc1C(NC(=O)CC1Sc2ccc(C(F)(F)F)cc2NC1=O)c1ccc(F)cc1. The molecule has 0 saturated heterocycles. The molecule has 1 aromatic heterocycles. The van der Waals surface area contributed by atoms with Gasteiger partial charge in [-0.25, -0.2) is 9.37 Å². The van der Waals surface area contributed by atoms with Crippen LogP contribution in [0.4, 0.5) is 23.2 Å². The van der Waals surface area contributed by atoms with Crippen LogP contribution in [0.2, 0.25) is 0 Å². The van der Waals surface area contributed by atoms with Gasteiger partial charge in [0.2, 0.25) is 11.8 Å². The second-order valence-corrected chi connectivity index (χ2v) is 8.70. The number of benzene rings is 2. The number of nitrogens with zero attached hydrogens (tertiary/aromatic N) is 2. The molecule has 0 aliphatic carbocycles. The van der Waals surface area contributed by atoms with Crippen LogP contribution >= 0.6 is 11.8 Å². The van der Waals surface area contributed by atoms with Crippen LogP contribution in [0.15, 0.2) is 59.8 Å². The number of hydrogen-bond acceptors (Lipinski definition) is 4. The molecule has 1 aliphatic heterocycles. The summed E-state index contributed by atoms with van der Waals surface area (Å²) >= 11 is 1.03. The maximum atomic E-state index is 13.4. The molecule has 0 bridgehead atoms. The Morgan fingerprint density at radius 1 is 1.24 bits per heavy atom. The third kappa shape index (κ3) is 5.03. The predicted molar refractivity (Wildman–Crippen MR) is 114 cm³/mol. The molecule has 1 aliphatic rings. The summed E-state index contributed by atoms with van der Waals surface area (Å²) in [5.74, 6) is -0.931. The van der Waals surface area contributed by atoms with E-state index in [9.17, 15) is 27.2 Å². The van der Waals surface area contributed by atoms with E-state index in [0.29, 0.717) is 16.3 Å². The van der Waals surface area contributed by atoms with Crippen molar-refractivity contribution in [3.05, 3.63) is 77.6 Å². The molecule has 6 nitrogen and oxygen atoms in total. The quantitative estimate of drug-likeness (QED) is 0.537. The molecule has 0 radical (unpaired) electrons. The molecular weight excluding hydrogens is 460 g/mol. The maximum absolute atomic E-state index is 13.4. The third-order valence-electron chi connectivity index (χ3n) is 5.12. The number of alkyl halides is 3. The summed E-state index contributed by atoms with van der Waals surface area (Å²) < 4.78 is 53.9. The zero-order valence-corrected chi connectivity index (χ0v) is 18.0. The molecule has 0 fully saturated rings. The van der Waals surface area contributed by atoms with Crippen molar-refractivity contribution in [2.75, 3.05) is 5.32 Å². The fourth-order valence-corrected chi connectivity index (χ4v) is 4.55. The summed E-state index contributed by atoms with van der Waals surface area (Å²) in [5.41, 5.74) is -0.200. The van der Waals surface area contributed by atoms with E-state index in [-0.39, 0.29) is 12.1 Å². The number of fused-ring (bicyclic) bond motifs is 1. The molecule has 2 heterocycles. The first-order valence-electron chi connectivity index (χ1n) is 9.82. The van der Waals surface area contributed by atoms with Gasteiger partial charge in [-0.1, -0.05) is 12.1 Å². The van der Waals surface area contributed by atoms with Crippen LogP contribution in [0.5, 0.6) is 0 Å². The second kappa shape index (κ2) is 8.89. The summed E-state index contributed by atoms with van der Waals surface area (Å²) in [6, 6.07) is 8.02. The molecule has 2 amide bonds. The zero-order valence-electron chi connectivity index (χ0n) is 17.2. The normalized spacial score (nSPS) is 16.6. The Morgan fingerprint density at radius 2 is 1.97 bits per heavy atom. The van der Waals surface area contributed by atoms with Gasteiger partial charge in [-0.2, -0.15) is 13.2 Å². The Kier molecular flexibility index (Phi) is 6.15. The molecule has 2 N–H and O–H groups in total. The smallest absolute Gasteiger partial charge is 0.342 e. The number of aromatic nitrogens is 2. The molecular formula is C22H18F4N4O2S. The van der Waals surface area contributed by atoms with Crippen LogP contribution in [-0.2, 0) is 22.8 Å². The van der Waals surface area contributed by atoms with Crippen LogP contribution in [-0.4, -0.2) is 26.6 Å². The molecule has 2 unspecified atom stereocenters. The minimum Gasteiger partial charge on any atom is -0.342 e. The molecule has 3 aromatic rings. The molecule has 0 spiro atoms. The molecule has 4 rings (SSSR count). The number of halogens is 4. The van der Waals surface area contributed by atoms with Crippen LogP contribution in [0, 0.1) is 5.82 Å². The number of carbonyl (C=O) groups excluding carboxylic acids is 2. The standard InChI is InChI=1S/C22H18F4N4O2S/c1-30-9-8-27-20(30)19(12-2-5-14(23)6-3-12)29-18(31)11-17-21(32)28-15-10-13(22(24,25)26)4-7-16(15)33-17/h2-10,17,19H,11H2,1H3,(H,28,32)(H,29,31). The minimum atomic E-state index is -4.53. The summed E-state index contributed by atoms with van der Waals surface area (Å²) in [7, 11) is 1.75. The van der Waals surface area contributed by atoms with E-state index >= 15 is 0 Å². The van der Waals surface area contributed by atoms with Gasteiger partial charge in [0.1, 0.15) is 17.7 Å². The lowest BCUT2D eigenvalue weighted by Crippen LogP contribution is -2.37. The first kappa shape index (κ1) is 22.8. The average molecular weight is 478 g/mol. The van der Waals surface area contributed by atoms with E-state index in [0.717, 1.165) is 23.9 Å². The Morgan fingerprint density at radius 3 is 2.61 bits per heavy atom. The van der Waals surface area contributed by atoms with E-state index in [2.05, 4.69) is 15.6 Å². The van der Waals surface area contributed by atoms with Crippen molar-refractivity contribution in [3.63, 3.8) is 0 Å². The largest absolute Gasteiger partial charge is 0.416 e. The first-order chi connectivity index (χ1) is 15.6. The van der Waals surface area contributed by atoms with Crippen molar-refractivity contribution in [1.82, 2.24) is 14.9 Å². The average Bonchev–Trinajstić information content (AvgIpc) is 3.18. The van der Waals surface area contributed by atoms with Gasteiger partial charge < -0.3 is 15.2 Å². The Hall–Kier alpha value is -3.34. The van der Waals surface area contributed by atoms with Gasteiger partial charge >= 0.3 is 6.18 Å². The number of carbonyl (C=O) groups is 2. The Labute approximate surface area is 190 Å². The van der Waals surface area contributed by atoms with Gasteiger partial charge in [-0.15, -0.1) is 11.8 Å². The summed E-state index contributed by atoms with van der Waals surface area (Å²) in [6.07, 6.45) is -1.47. The lowest BCUT2D eigenvalue weighted by molar-refractivity contribution is -0.137. The predicted octanol–water partition coefficient (Wildman–Crippen LogP) is 4.29. The number of anilines is 1. The van der Waals surface area contributed by atoms with E-state index < -0.39 is 40.7 Å². The highest BCUT2D eigenvalue weighted by molar-refractivity contribution is 8.01. The number of aryl methyl sites for hydroxylation is 1. The highest BCUT2D eigenvalue weighted by Crippen LogP contribution is 2.40. The van der Waals surface area contributed by atoms with Gasteiger partial charge in [-0.05, 0) is 35.9 Å². The Balaban J connectivity index is 1.50. The van der Waals surface area contributed by atoms with Gasteiger partial charge in [0.05, 0.1) is 16.5 Å². The van der Waals surface area contributed by atoms with Crippen LogP contribution in [0.25, 0.3) is 0 Å². The molecule has 0 saturated carbocycles. The van der Waals surface area contributed by atoms with Crippen LogP contribution in [0.1, 0.15) is 29.4 Å². The fourth-order valence-electron chi connectivity index (χ4n) is 3.46. The number of imidazole rings is 1. The Bertz CT molecular complexity index is 1190. The number of thioether (sulfide) groups is 1. The summed E-state index contributed by atoms with van der Waals surface area (Å²) in [4.78, 5) is 30.0. The minimum absolute atomic E-state index is 0.0636. The van der Waals surface area contributed by atoms with Gasteiger partial charge in [-0.3, -0.25) is 9.59 Å². The first-order valence-corrected chi connectivity index (χ1v) is 10.7. The molecule has 2 atom stereocenters. The van der Waals surface area contributed by atoms with Crippen molar-refractivity contribution < 1.29 is 27.2 Å². The van der Waals surface area contributed by atoms with E-state index in [4.69, 9.17) is 0 Å². The van der Waals surface area contributed by atoms with Crippen molar-refractivity contribution >= 4 is 29.3 Å². The van der Waals surface area contributed by atoms with Crippen molar-refractivity contribution in [2.45, 2.75) is 28.8 Å². The number of amides is 2. The summed E-state index contributed by atoms with van der Waals surface area (Å²) in [5, 5.41) is 4.46. The van der Waals surface area contributed by atoms with Crippen molar-refractivity contribution in [2.24, 2.45) is 7.05 Å². The zero-order chi connectivity index (χ0) is 23.8. The van der Waals surface area contributed by atoms with E-state index in [1.165, 1.54) is 30.3 Å². The number of hydrogen-bond donors (Lipinski definition) is 2. The number of nitrogens with one attached hydrogen (secondary N) is 2. The molecule has 33 heavy (non-hydrogen) atoms. The van der Waals surface area contributed by atoms with Crippen molar-refractivity contribution in [3.8, 4) is 0 Å². The lowest BCUT2D eigenvalue weighted by Gasteiger charge is -2.25. The number of rotatable bonds is 5. The molecule has 2 aromatic carbocycles. The molecule has 11 heteroatoms. The monoisotopic (exact) mass is 478 g/mol. The van der Waals surface area contributed by atoms with E-state index in [1.807, 2.05) is 0 Å². The van der Waals surface area contributed by atoms with Crippen LogP contribution in [0.3, 0.4) is 0 Å². The summed E-state index contributed by atoms with van der Waals surface area (Å²) in [6.45, 7) is 0. The third-order valence-corrected chi connectivity index (χ3v) is 6.40. The molecule has 172 valence electrons.